The van der Waals surface area contributed by atoms with Crippen LogP contribution in [0.1, 0.15) is 48.5 Å². The van der Waals surface area contributed by atoms with Crippen molar-refractivity contribution in [1.82, 2.24) is 20.3 Å². The highest BCUT2D eigenvalue weighted by Crippen LogP contribution is 2.13. The average molecular weight is 336 g/mol. The maximum absolute atomic E-state index is 12.1. The lowest BCUT2D eigenvalue weighted by molar-refractivity contribution is 0.0953. The number of aromatic nitrogens is 3. The zero-order chi connectivity index (χ0) is 17.5. The van der Waals surface area contributed by atoms with Gasteiger partial charge in [-0.1, -0.05) is 55.7 Å². The zero-order valence-electron chi connectivity index (χ0n) is 14.6. The van der Waals surface area contributed by atoms with Gasteiger partial charge in [0.1, 0.15) is 5.52 Å². The molecule has 0 aliphatic rings. The van der Waals surface area contributed by atoms with Crippen molar-refractivity contribution in [2.24, 2.45) is 0 Å². The number of carbonyl (C=O) groups excluding carboxylic acids is 1. The normalized spacial score (nSPS) is 10.9. The van der Waals surface area contributed by atoms with Gasteiger partial charge in [0.15, 0.2) is 0 Å². The number of benzene rings is 2. The van der Waals surface area contributed by atoms with Gasteiger partial charge < -0.3 is 5.32 Å². The molecular weight excluding hydrogens is 312 g/mol. The molecule has 1 amide bonds. The zero-order valence-corrected chi connectivity index (χ0v) is 14.6. The van der Waals surface area contributed by atoms with Crippen molar-refractivity contribution in [2.45, 2.75) is 39.2 Å². The molecule has 0 saturated heterocycles. The van der Waals surface area contributed by atoms with E-state index in [-0.39, 0.29) is 5.91 Å². The number of para-hydroxylation sites is 1. The van der Waals surface area contributed by atoms with Crippen LogP contribution in [0, 0.1) is 0 Å². The molecule has 3 rings (SSSR count). The molecule has 0 radical (unpaired) electrons. The number of rotatable bonds is 8. The van der Waals surface area contributed by atoms with Gasteiger partial charge in [-0.05, 0) is 36.2 Å². The molecule has 5 heteroatoms. The summed E-state index contributed by atoms with van der Waals surface area (Å²) in [6.07, 6.45) is 4.64. The fourth-order valence-electron chi connectivity index (χ4n) is 2.82. The van der Waals surface area contributed by atoms with Crippen LogP contribution in [0.3, 0.4) is 0 Å². The number of amides is 1. The van der Waals surface area contributed by atoms with Crippen molar-refractivity contribution in [1.29, 1.82) is 0 Å². The number of nitrogens with zero attached hydrogens (tertiary/aromatic N) is 3. The van der Waals surface area contributed by atoms with Gasteiger partial charge in [-0.2, -0.15) is 0 Å². The summed E-state index contributed by atoms with van der Waals surface area (Å²) in [6, 6.07) is 15.6. The quantitative estimate of drug-likeness (QED) is 0.637. The van der Waals surface area contributed by atoms with E-state index in [0.29, 0.717) is 12.1 Å². The Balaban J connectivity index is 1.57. The summed E-state index contributed by atoms with van der Waals surface area (Å²) in [6.45, 7) is 3.56. The Kier molecular flexibility index (Phi) is 5.77. The number of nitrogens with one attached hydrogen (secondary N) is 1. The fraction of sp³-hybridized carbons (Fsp3) is 0.350. The third kappa shape index (κ3) is 4.44. The summed E-state index contributed by atoms with van der Waals surface area (Å²) in [5.41, 5.74) is 3.69. The molecule has 1 heterocycles. The molecular formula is C20H24N4O. The second kappa shape index (κ2) is 8.42. The van der Waals surface area contributed by atoms with Crippen LogP contribution in [-0.2, 0) is 6.54 Å². The molecule has 130 valence electrons. The molecule has 5 nitrogen and oxygen atoms in total. The molecule has 0 unspecified atom stereocenters. The Hall–Kier alpha value is -2.69. The van der Waals surface area contributed by atoms with Crippen molar-refractivity contribution in [3.63, 3.8) is 0 Å². The lowest BCUT2D eigenvalue weighted by atomic mass is 10.1. The van der Waals surface area contributed by atoms with E-state index in [2.05, 4.69) is 22.6 Å². The van der Waals surface area contributed by atoms with E-state index in [0.717, 1.165) is 29.6 Å². The SMILES string of the molecule is CCCCCCNC(=O)c1ccc(Cn2nnc3ccccc32)cc1. The molecule has 0 bridgehead atoms. The second-order valence-corrected chi connectivity index (χ2v) is 6.25. The van der Waals surface area contributed by atoms with Crippen LogP contribution >= 0.6 is 0 Å². The smallest absolute Gasteiger partial charge is 0.251 e. The third-order valence-corrected chi connectivity index (χ3v) is 4.28. The molecule has 2 aromatic carbocycles. The maximum Gasteiger partial charge on any atom is 0.251 e. The van der Waals surface area contributed by atoms with Crippen molar-refractivity contribution in [2.75, 3.05) is 6.54 Å². The fourth-order valence-corrected chi connectivity index (χ4v) is 2.82. The van der Waals surface area contributed by atoms with E-state index in [9.17, 15) is 4.79 Å². The van der Waals surface area contributed by atoms with Crippen LogP contribution in [0.25, 0.3) is 11.0 Å². The molecule has 1 aromatic heterocycles. The van der Waals surface area contributed by atoms with E-state index >= 15 is 0 Å². The highest BCUT2D eigenvalue weighted by Gasteiger charge is 2.07. The summed E-state index contributed by atoms with van der Waals surface area (Å²) < 4.78 is 1.87. The lowest BCUT2D eigenvalue weighted by Gasteiger charge is -2.07. The Morgan fingerprint density at radius 1 is 1.04 bits per heavy atom. The third-order valence-electron chi connectivity index (χ3n) is 4.28. The molecule has 0 spiro atoms. The van der Waals surface area contributed by atoms with Crippen molar-refractivity contribution in [3.05, 3.63) is 59.7 Å². The molecule has 0 atom stereocenters. The number of carbonyl (C=O) groups is 1. The van der Waals surface area contributed by atoms with Gasteiger partial charge >= 0.3 is 0 Å². The van der Waals surface area contributed by atoms with Crippen LogP contribution in [0.5, 0.6) is 0 Å². The Morgan fingerprint density at radius 2 is 1.84 bits per heavy atom. The molecule has 0 saturated carbocycles. The van der Waals surface area contributed by atoms with Gasteiger partial charge in [0.25, 0.3) is 5.91 Å². The number of unbranched alkanes of at least 4 members (excludes halogenated alkanes) is 3. The number of hydrogen-bond donors (Lipinski definition) is 1. The van der Waals surface area contributed by atoms with Gasteiger partial charge in [0, 0.05) is 12.1 Å². The Bertz CT molecular complexity index is 823. The maximum atomic E-state index is 12.1. The minimum absolute atomic E-state index is 0.00532. The van der Waals surface area contributed by atoms with Crippen LogP contribution in [-0.4, -0.2) is 27.4 Å². The first-order valence-corrected chi connectivity index (χ1v) is 8.93. The first kappa shape index (κ1) is 17.1. The highest BCUT2D eigenvalue weighted by molar-refractivity contribution is 5.94. The molecule has 3 aromatic rings. The predicted molar refractivity (Wildman–Crippen MR) is 99.5 cm³/mol. The molecule has 0 fully saturated rings. The molecule has 1 N–H and O–H groups in total. The number of hydrogen-bond acceptors (Lipinski definition) is 3. The van der Waals surface area contributed by atoms with E-state index in [1.165, 1.54) is 19.3 Å². The monoisotopic (exact) mass is 336 g/mol. The van der Waals surface area contributed by atoms with Crippen LogP contribution in [0.2, 0.25) is 0 Å². The second-order valence-electron chi connectivity index (χ2n) is 6.25. The van der Waals surface area contributed by atoms with E-state index in [1.54, 1.807) is 0 Å². The van der Waals surface area contributed by atoms with Gasteiger partial charge in [0.2, 0.25) is 0 Å². The van der Waals surface area contributed by atoms with Gasteiger partial charge in [-0.25, -0.2) is 4.68 Å². The summed E-state index contributed by atoms with van der Waals surface area (Å²) in [7, 11) is 0. The van der Waals surface area contributed by atoms with Crippen LogP contribution < -0.4 is 5.32 Å². The summed E-state index contributed by atoms with van der Waals surface area (Å²) in [5, 5.41) is 11.3. The summed E-state index contributed by atoms with van der Waals surface area (Å²) in [4.78, 5) is 12.1. The summed E-state index contributed by atoms with van der Waals surface area (Å²) >= 11 is 0. The first-order valence-electron chi connectivity index (χ1n) is 8.93. The van der Waals surface area contributed by atoms with E-state index < -0.39 is 0 Å². The summed E-state index contributed by atoms with van der Waals surface area (Å²) in [5.74, 6) is -0.00532. The van der Waals surface area contributed by atoms with Gasteiger partial charge in [0.05, 0.1) is 12.1 Å². The predicted octanol–water partition coefficient (Wildman–Crippen LogP) is 3.79. The van der Waals surface area contributed by atoms with Crippen LogP contribution in [0.15, 0.2) is 48.5 Å². The van der Waals surface area contributed by atoms with Crippen LogP contribution in [0.4, 0.5) is 0 Å². The average Bonchev–Trinajstić information content (AvgIpc) is 3.05. The number of fused-ring (bicyclic) bond motifs is 1. The molecule has 0 aliphatic heterocycles. The van der Waals surface area contributed by atoms with Crippen molar-refractivity contribution in [3.8, 4) is 0 Å². The lowest BCUT2D eigenvalue weighted by Crippen LogP contribution is -2.24. The van der Waals surface area contributed by atoms with E-state index in [4.69, 9.17) is 0 Å². The van der Waals surface area contributed by atoms with E-state index in [1.807, 2.05) is 53.2 Å². The Morgan fingerprint density at radius 3 is 2.64 bits per heavy atom. The topological polar surface area (TPSA) is 59.8 Å². The highest BCUT2D eigenvalue weighted by atomic mass is 16.1. The molecule has 25 heavy (non-hydrogen) atoms. The minimum atomic E-state index is -0.00532. The largest absolute Gasteiger partial charge is 0.352 e. The van der Waals surface area contributed by atoms with Crippen molar-refractivity contribution >= 4 is 16.9 Å². The molecule has 0 aliphatic carbocycles. The minimum Gasteiger partial charge on any atom is -0.352 e. The standard InChI is InChI=1S/C20H24N4O/c1-2-3-4-7-14-21-20(25)17-12-10-16(11-13-17)15-24-19-9-6-5-8-18(19)22-23-24/h5-6,8-13H,2-4,7,14-15H2,1H3,(H,21,25). The van der Waals surface area contributed by atoms with Crippen molar-refractivity contribution < 1.29 is 4.79 Å². The first-order chi connectivity index (χ1) is 12.3. The van der Waals surface area contributed by atoms with Gasteiger partial charge in [-0.3, -0.25) is 4.79 Å². The van der Waals surface area contributed by atoms with Gasteiger partial charge in [-0.15, -0.1) is 5.10 Å². The Labute approximate surface area is 148 Å².